The highest BCUT2D eigenvalue weighted by Crippen LogP contribution is 2.33. The molecule has 29 heavy (non-hydrogen) atoms. The largest absolute Gasteiger partial charge is 0.454 e. The molecule has 0 N–H and O–H groups in total. The van der Waals surface area contributed by atoms with E-state index in [1.54, 1.807) is 23.3 Å². The lowest BCUT2D eigenvalue weighted by atomic mass is 10.1. The van der Waals surface area contributed by atoms with Crippen LogP contribution in [0.2, 0.25) is 0 Å². The van der Waals surface area contributed by atoms with Crippen LogP contribution in [0, 0.1) is 6.92 Å². The Balaban J connectivity index is 1.48. The number of amides is 1. The molecule has 0 unspecified atom stereocenters. The summed E-state index contributed by atoms with van der Waals surface area (Å²) in [6.45, 7) is 3.45. The van der Waals surface area contributed by atoms with Gasteiger partial charge >= 0.3 is 0 Å². The smallest absolute Gasteiger partial charge is 0.231 e. The number of thiophene rings is 1. The fraction of sp³-hybridized carbons (Fsp3) is 0.333. The minimum absolute atomic E-state index is 0.0343. The number of hydrogen-bond donors (Lipinski definition) is 0. The Morgan fingerprint density at radius 2 is 2.14 bits per heavy atom. The molecule has 1 aliphatic rings. The fourth-order valence-corrected chi connectivity index (χ4v) is 3.74. The number of rotatable bonds is 8. The van der Waals surface area contributed by atoms with Crippen molar-refractivity contribution in [1.82, 2.24) is 9.88 Å². The van der Waals surface area contributed by atoms with E-state index in [4.69, 9.17) is 18.6 Å². The maximum absolute atomic E-state index is 13.0. The molecule has 3 heterocycles. The van der Waals surface area contributed by atoms with Crippen molar-refractivity contribution >= 4 is 17.2 Å². The van der Waals surface area contributed by atoms with Gasteiger partial charge < -0.3 is 23.5 Å². The first-order valence-electron chi connectivity index (χ1n) is 9.28. The number of hydrogen-bond acceptors (Lipinski definition) is 7. The zero-order valence-electron chi connectivity index (χ0n) is 16.3. The Kier molecular flexibility index (Phi) is 5.82. The molecule has 0 atom stereocenters. The van der Waals surface area contributed by atoms with E-state index in [1.165, 1.54) is 0 Å². The molecule has 8 heteroatoms. The van der Waals surface area contributed by atoms with Crippen LogP contribution in [0.3, 0.4) is 0 Å². The molecule has 0 radical (unpaired) electrons. The summed E-state index contributed by atoms with van der Waals surface area (Å²) in [6.07, 6.45) is 0.174. The predicted octanol–water partition coefficient (Wildman–Crippen LogP) is 3.66. The maximum Gasteiger partial charge on any atom is 0.231 e. The van der Waals surface area contributed by atoms with Crippen molar-refractivity contribution in [2.45, 2.75) is 19.9 Å². The fourth-order valence-electron chi connectivity index (χ4n) is 3.11. The van der Waals surface area contributed by atoms with Crippen molar-refractivity contribution in [2.24, 2.45) is 0 Å². The monoisotopic (exact) mass is 414 g/mol. The highest BCUT2D eigenvalue weighted by atomic mass is 32.1. The summed E-state index contributed by atoms with van der Waals surface area (Å²) in [5.74, 6) is 2.60. The number of carbonyl (C=O) groups is 1. The summed E-state index contributed by atoms with van der Waals surface area (Å²) in [5.41, 5.74) is 2.55. The summed E-state index contributed by atoms with van der Waals surface area (Å²) in [7, 11) is 1.62. The normalized spacial score (nSPS) is 12.3. The van der Waals surface area contributed by atoms with Gasteiger partial charge in [0.1, 0.15) is 5.76 Å². The number of methoxy groups -OCH3 is 1. The number of carbonyl (C=O) groups excluding carboxylic acids is 1. The van der Waals surface area contributed by atoms with Gasteiger partial charge in [-0.3, -0.25) is 4.79 Å². The minimum atomic E-state index is -0.0343. The zero-order chi connectivity index (χ0) is 20.2. The first-order valence-corrected chi connectivity index (χ1v) is 10.2. The lowest BCUT2D eigenvalue weighted by Crippen LogP contribution is -2.34. The first-order chi connectivity index (χ1) is 14.1. The van der Waals surface area contributed by atoms with E-state index in [1.807, 2.05) is 41.9 Å². The average molecular weight is 414 g/mol. The molecule has 2 aromatic heterocycles. The van der Waals surface area contributed by atoms with Gasteiger partial charge in [0.25, 0.3) is 0 Å². The number of ether oxygens (including phenoxy) is 3. The average Bonchev–Trinajstić information content (AvgIpc) is 3.46. The summed E-state index contributed by atoms with van der Waals surface area (Å²) in [4.78, 5) is 19.3. The number of fused-ring (bicyclic) bond motifs is 1. The lowest BCUT2D eigenvalue weighted by molar-refractivity contribution is -0.131. The van der Waals surface area contributed by atoms with E-state index in [-0.39, 0.29) is 19.1 Å². The Hall–Kier alpha value is -2.84. The standard InChI is InChI=1S/C21H22N2O5S/c1-14-17(22-21(28-14)16-5-8-29-12-16)10-20(24)23(6-7-25-2)11-15-3-4-18-19(9-15)27-13-26-18/h3-5,8-9,12H,6-7,10-11,13H2,1-2H3. The molecule has 0 spiro atoms. The number of nitrogens with zero attached hydrogens (tertiary/aromatic N) is 2. The van der Waals surface area contributed by atoms with Gasteiger partial charge in [-0.1, -0.05) is 6.07 Å². The van der Waals surface area contributed by atoms with Crippen molar-refractivity contribution in [3.05, 3.63) is 52.0 Å². The first kappa shape index (κ1) is 19.5. The van der Waals surface area contributed by atoms with Crippen LogP contribution in [0.25, 0.3) is 11.5 Å². The molecule has 0 saturated carbocycles. The Labute approximate surface area is 172 Å². The molecule has 0 fully saturated rings. The topological polar surface area (TPSA) is 74.0 Å². The van der Waals surface area contributed by atoms with Crippen LogP contribution < -0.4 is 9.47 Å². The number of oxazole rings is 1. The van der Waals surface area contributed by atoms with Crippen molar-refractivity contribution in [3.63, 3.8) is 0 Å². The van der Waals surface area contributed by atoms with E-state index in [2.05, 4.69) is 4.98 Å². The highest BCUT2D eigenvalue weighted by molar-refractivity contribution is 7.08. The molecular weight excluding hydrogens is 392 g/mol. The third-order valence-corrected chi connectivity index (χ3v) is 5.39. The molecule has 0 saturated heterocycles. The summed E-state index contributed by atoms with van der Waals surface area (Å²) in [5, 5.41) is 3.94. The summed E-state index contributed by atoms with van der Waals surface area (Å²) >= 11 is 1.58. The van der Waals surface area contributed by atoms with Gasteiger partial charge in [-0.15, -0.1) is 0 Å². The second-order valence-electron chi connectivity index (χ2n) is 6.71. The van der Waals surface area contributed by atoms with Crippen LogP contribution in [0.1, 0.15) is 17.0 Å². The maximum atomic E-state index is 13.0. The van der Waals surface area contributed by atoms with Crippen LogP contribution in [-0.2, 0) is 22.5 Å². The third kappa shape index (κ3) is 4.44. The SMILES string of the molecule is COCCN(Cc1ccc2c(c1)OCO2)C(=O)Cc1nc(-c2ccsc2)oc1C. The lowest BCUT2D eigenvalue weighted by Gasteiger charge is -2.22. The molecule has 152 valence electrons. The molecule has 1 aliphatic heterocycles. The number of benzene rings is 1. The van der Waals surface area contributed by atoms with Gasteiger partial charge in [-0.05, 0) is 36.1 Å². The quantitative estimate of drug-likeness (QED) is 0.560. The minimum Gasteiger partial charge on any atom is -0.454 e. The van der Waals surface area contributed by atoms with Crippen molar-refractivity contribution < 1.29 is 23.4 Å². The van der Waals surface area contributed by atoms with Gasteiger partial charge in [0.2, 0.25) is 18.6 Å². The van der Waals surface area contributed by atoms with Crippen molar-refractivity contribution in [2.75, 3.05) is 27.1 Å². The van der Waals surface area contributed by atoms with E-state index < -0.39 is 0 Å². The molecular formula is C21H22N2O5S. The third-order valence-electron chi connectivity index (χ3n) is 4.71. The van der Waals surface area contributed by atoms with Gasteiger partial charge in [-0.25, -0.2) is 4.98 Å². The number of aryl methyl sites for hydroxylation is 1. The Bertz CT molecular complexity index is 983. The highest BCUT2D eigenvalue weighted by Gasteiger charge is 2.21. The van der Waals surface area contributed by atoms with Crippen LogP contribution in [0.15, 0.2) is 39.4 Å². The van der Waals surface area contributed by atoms with E-state index in [9.17, 15) is 4.79 Å². The van der Waals surface area contributed by atoms with Gasteiger partial charge in [0.05, 0.1) is 18.7 Å². The molecule has 4 rings (SSSR count). The molecule has 3 aromatic rings. The van der Waals surface area contributed by atoms with Crippen LogP contribution in [-0.4, -0.2) is 42.8 Å². The van der Waals surface area contributed by atoms with E-state index in [0.717, 1.165) is 16.9 Å². The van der Waals surface area contributed by atoms with Crippen LogP contribution in [0.5, 0.6) is 11.5 Å². The van der Waals surface area contributed by atoms with Crippen LogP contribution >= 0.6 is 11.3 Å². The molecule has 0 aliphatic carbocycles. The Morgan fingerprint density at radius 1 is 1.28 bits per heavy atom. The number of aromatic nitrogens is 1. The molecule has 1 aromatic carbocycles. The molecule has 7 nitrogen and oxygen atoms in total. The summed E-state index contributed by atoms with van der Waals surface area (Å²) < 4.78 is 21.7. The van der Waals surface area contributed by atoms with Gasteiger partial charge in [0.15, 0.2) is 11.5 Å². The van der Waals surface area contributed by atoms with E-state index >= 15 is 0 Å². The Morgan fingerprint density at radius 3 is 2.93 bits per heavy atom. The van der Waals surface area contributed by atoms with E-state index in [0.29, 0.717) is 42.8 Å². The summed E-state index contributed by atoms with van der Waals surface area (Å²) in [6, 6.07) is 7.67. The van der Waals surface area contributed by atoms with Crippen molar-refractivity contribution in [3.8, 4) is 23.0 Å². The van der Waals surface area contributed by atoms with Gasteiger partial charge in [0, 0.05) is 31.1 Å². The molecule has 1 amide bonds. The van der Waals surface area contributed by atoms with Crippen LogP contribution in [0.4, 0.5) is 0 Å². The van der Waals surface area contributed by atoms with Crippen molar-refractivity contribution in [1.29, 1.82) is 0 Å². The second kappa shape index (κ2) is 8.67. The predicted molar refractivity (Wildman–Crippen MR) is 108 cm³/mol. The molecule has 0 bridgehead atoms. The second-order valence-corrected chi connectivity index (χ2v) is 7.49. The van der Waals surface area contributed by atoms with Gasteiger partial charge in [-0.2, -0.15) is 11.3 Å². The zero-order valence-corrected chi connectivity index (χ0v) is 17.2.